The summed E-state index contributed by atoms with van der Waals surface area (Å²) >= 11 is 11.3. The van der Waals surface area contributed by atoms with Crippen LogP contribution in [0.2, 0.25) is 5.02 Å². The molecule has 1 heterocycles. The number of H-pyrrole nitrogens is 1. The Bertz CT molecular complexity index is 566. The van der Waals surface area contributed by atoms with Crippen molar-refractivity contribution in [2.75, 3.05) is 0 Å². The molecule has 5 heteroatoms. The summed E-state index contributed by atoms with van der Waals surface area (Å²) in [4.78, 5) is 14.0. The zero-order valence-corrected chi connectivity index (χ0v) is 11.3. The fraction of sp³-hybridized carbons (Fsp3) is 0. The van der Waals surface area contributed by atoms with Gasteiger partial charge in [-0.1, -0.05) is 11.6 Å². The molecule has 0 atom stereocenters. The summed E-state index contributed by atoms with van der Waals surface area (Å²) in [7, 11) is 0. The van der Waals surface area contributed by atoms with Gasteiger partial charge in [0, 0.05) is 14.5 Å². The van der Waals surface area contributed by atoms with Gasteiger partial charge in [-0.25, -0.2) is 0 Å². The van der Waals surface area contributed by atoms with Crippen LogP contribution < -0.4 is 5.56 Å². The van der Waals surface area contributed by atoms with E-state index in [1.54, 1.807) is 12.1 Å². The van der Waals surface area contributed by atoms with Crippen LogP contribution in [0.25, 0.3) is 10.9 Å². The van der Waals surface area contributed by atoms with E-state index in [4.69, 9.17) is 11.6 Å². The summed E-state index contributed by atoms with van der Waals surface area (Å²) in [5.41, 5.74) is 0.610. The summed E-state index contributed by atoms with van der Waals surface area (Å²) in [6.07, 6.45) is 0. The SMILES string of the molecule is O=c1[nH]c2cc(Cl)c(I)cc2cc1Br. The van der Waals surface area contributed by atoms with Gasteiger partial charge in [-0.05, 0) is 56.7 Å². The molecule has 0 saturated carbocycles. The van der Waals surface area contributed by atoms with Gasteiger partial charge in [0.05, 0.1) is 9.50 Å². The van der Waals surface area contributed by atoms with Gasteiger partial charge in [-0.3, -0.25) is 4.79 Å². The van der Waals surface area contributed by atoms with Crippen molar-refractivity contribution in [2.45, 2.75) is 0 Å². The third-order valence-corrected chi connectivity index (χ3v) is 3.95. The molecule has 0 bridgehead atoms. The zero-order chi connectivity index (χ0) is 10.3. The molecule has 1 N–H and O–H groups in total. The van der Waals surface area contributed by atoms with Gasteiger partial charge in [0.2, 0.25) is 0 Å². The molecule has 0 spiro atoms. The number of aromatic amines is 1. The standard InChI is InChI=1S/C9H4BrClINO/c10-5-1-4-2-7(12)6(11)3-8(4)13-9(5)14/h1-3H,(H,13,14). The minimum absolute atomic E-state index is 0.144. The number of halogens is 3. The maximum absolute atomic E-state index is 11.3. The molecule has 2 nitrogen and oxygen atoms in total. The Kier molecular flexibility index (Phi) is 2.86. The molecule has 1 aromatic carbocycles. The number of aromatic nitrogens is 1. The highest BCUT2D eigenvalue weighted by atomic mass is 127. The lowest BCUT2D eigenvalue weighted by Crippen LogP contribution is -2.05. The molecule has 0 amide bonds. The van der Waals surface area contributed by atoms with Crippen LogP contribution in [0.5, 0.6) is 0 Å². The minimum atomic E-state index is -0.144. The van der Waals surface area contributed by atoms with Crippen LogP contribution in [0.1, 0.15) is 0 Å². The number of rotatable bonds is 0. The molecule has 14 heavy (non-hydrogen) atoms. The maximum Gasteiger partial charge on any atom is 0.262 e. The van der Waals surface area contributed by atoms with Gasteiger partial charge in [0.15, 0.2) is 0 Å². The van der Waals surface area contributed by atoms with Crippen molar-refractivity contribution >= 4 is 61.0 Å². The Balaban J connectivity index is 2.90. The van der Waals surface area contributed by atoms with Crippen LogP contribution in [0.4, 0.5) is 0 Å². The van der Waals surface area contributed by atoms with Crippen molar-refractivity contribution in [3.05, 3.63) is 41.6 Å². The molecule has 1 aromatic heterocycles. The maximum atomic E-state index is 11.3. The van der Waals surface area contributed by atoms with Crippen LogP contribution in [-0.4, -0.2) is 4.98 Å². The molecule has 2 aromatic rings. The molecule has 0 saturated heterocycles. The van der Waals surface area contributed by atoms with Crippen LogP contribution in [0.3, 0.4) is 0 Å². The number of fused-ring (bicyclic) bond motifs is 1. The van der Waals surface area contributed by atoms with Gasteiger partial charge in [-0.15, -0.1) is 0 Å². The number of hydrogen-bond donors (Lipinski definition) is 1. The second-order valence-corrected chi connectivity index (χ2v) is 5.22. The normalized spacial score (nSPS) is 10.8. The fourth-order valence-electron chi connectivity index (χ4n) is 1.17. The predicted molar refractivity (Wildman–Crippen MR) is 70.0 cm³/mol. The lowest BCUT2D eigenvalue weighted by Gasteiger charge is -2.01. The van der Waals surface area contributed by atoms with Crippen LogP contribution >= 0.6 is 50.1 Å². The smallest absolute Gasteiger partial charge is 0.262 e. The Morgan fingerprint density at radius 2 is 2.07 bits per heavy atom. The van der Waals surface area contributed by atoms with Crippen molar-refractivity contribution in [3.8, 4) is 0 Å². The average Bonchev–Trinajstić information content (AvgIpc) is 2.11. The molecule has 0 radical (unpaired) electrons. The van der Waals surface area contributed by atoms with E-state index in [1.807, 2.05) is 6.07 Å². The second kappa shape index (κ2) is 3.83. The third-order valence-electron chi connectivity index (χ3n) is 1.84. The van der Waals surface area contributed by atoms with Gasteiger partial charge in [0.1, 0.15) is 0 Å². The molecular weight excluding hydrogens is 380 g/mol. The first-order valence-corrected chi connectivity index (χ1v) is 6.00. The van der Waals surface area contributed by atoms with E-state index in [0.29, 0.717) is 9.50 Å². The minimum Gasteiger partial charge on any atom is -0.321 e. The molecule has 0 unspecified atom stereocenters. The lowest BCUT2D eigenvalue weighted by molar-refractivity contribution is 1.28. The predicted octanol–water partition coefficient (Wildman–Crippen LogP) is 3.55. The average molecular weight is 384 g/mol. The van der Waals surface area contributed by atoms with Crippen molar-refractivity contribution in [3.63, 3.8) is 0 Å². The van der Waals surface area contributed by atoms with E-state index in [0.717, 1.165) is 14.5 Å². The second-order valence-electron chi connectivity index (χ2n) is 2.80. The van der Waals surface area contributed by atoms with Crippen molar-refractivity contribution in [1.82, 2.24) is 4.98 Å². The number of pyridine rings is 1. The Hall–Kier alpha value is -0.0700. The van der Waals surface area contributed by atoms with Crippen molar-refractivity contribution in [1.29, 1.82) is 0 Å². The summed E-state index contributed by atoms with van der Waals surface area (Å²) in [6, 6.07) is 5.47. The first-order valence-electron chi connectivity index (χ1n) is 3.75. The summed E-state index contributed by atoms with van der Waals surface area (Å²) in [5.74, 6) is 0. The van der Waals surface area contributed by atoms with E-state index >= 15 is 0 Å². The molecule has 0 aliphatic rings. The van der Waals surface area contributed by atoms with E-state index in [-0.39, 0.29) is 5.56 Å². The van der Waals surface area contributed by atoms with Gasteiger partial charge < -0.3 is 4.98 Å². The van der Waals surface area contributed by atoms with Gasteiger partial charge in [-0.2, -0.15) is 0 Å². The molecule has 72 valence electrons. The van der Waals surface area contributed by atoms with Crippen molar-refractivity contribution in [2.24, 2.45) is 0 Å². The van der Waals surface area contributed by atoms with Crippen molar-refractivity contribution < 1.29 is 0 Å². The van der Waals surface area contributed by atoms with Gasteiger partial charge >= 0.3 is 0 Å². The monoisotopic (exact) mass is 383 g/mol. The Labute approximate surface area is 107 Å². The summed E-state index contributed by atoms with van der Waals surface area (Å²) in [5, 5.41) is 1.61. The van der Waals surface area contributed by atoms with E-state index < -0.39 is 0 Å². The van der Waals surface area contributed by atoms with Crippen LogP contribution in [0.15, 0.2) is 27.5 Å². The Morgan fingerprint density at radius 3 is 2.79 bits per heavy atom. The molecular formula is C9H4BrClINO. The fourth-order valence-corrected chi connectivity index (χ4v) is 2.17. The molecule has 0 fully saturated rings. The third kappa shape index (κ3) is 1.83. The highest BCUT2D eigenvalue weighted by Crippen LogP contribution is 2.24. The lowest BCUT2D eigenvalue weighted by atomic mass is 10.2. The first-order chi connectivity index (χ1) is 6.58. The van der Waals surface area contributed by atoms with Crippen LogP contribution in [-0.2, 0) is 0 Å². The summed E-state index contributed by atoms with van der Waals surface area (Å²) in [6.45, 7) is 0. The van der Waals surface area contributed by atoms with E-state index in [2.05, 4.69) is 43.5 Å². The highest BCUT2D eigenvalue weighted by Gasteiger charge is 2.03. The van der Waals surface area contributed by atoms with Gasteiger partial charge in [0.25, 0.3) is 5.56 Å². The molecule has 0 aliphatic carbocycles. The zero-order valence-electron chi connectivity index (χ0n) is 6.77. The van der Waals surface area contributed by atoms with E-state index in [1.165, 1.54) is 0 Å². The molecule has 2 rings (SSSR count). The van der Waals surface area contributed by atoms with E-state index in [9.17, 15) is 4.79 Å². The number of benzene rings is 1. The topological polar surface area (TPSA) is 32.9 Å². The largest absolute Gasteiger partial charge is 0.321 e. The number of hydrogen-bond acceptors (Lipinski definition) is 1. The highest BCUT2D eigenvalue weighted by molar-refractivity contribution is 14.1. The van der Waals surface area contributed by atoms with Crippen LogP contribution in [0, 0.1) is 3.57 Å². The Morgan fingerprint density at radius 1 is 1.36 bits per heavy atom. The molecule has 0 aliphatic heterocycles. The number of nitrogens with one attached hydrogen (secondary N) is 1. The quantitative estimate of drug-likeness (QED) is 0.693. The first kappa shape index (κ1) is 10.4. The summed E-state index contributed by atoms with van der Waals surface area (Å²) < 4.78 is 1.50.